The number of rotatable bonds is 1. The molecule has 0 aromatic carbocycles. The maximum atomic E-state index is 5.62. The number of nitrogens with zero attached hydrogens (tertiary/aromatic N) is 4. The van der Waals surface area contributed by atoms with Gasteiger partial charge in [-0.05, 0) is 22.0 Å². The van der Waals surface area contributed by atoms with Gasteiger partial charge in [0.15, 0.2) is 0 Å². The minimum atomic E-state index is 0.359. The zero-order valence-electron chi connectivity index (χ0n) is 6.55. The first-order chi connectivity index (χ1) is 6.27. The van der Waals surface area contributed by atoms with Crippen molar-refractivity contribution in [2.24, 2.45) is 0 Å². The first kappa shape index (κ1) is 8.18. The molecule has 0 aliphatic rings. The lowest BCUT2D eigenvalue weighted by Gasteiger charge is -1.99. The predicted octanol–water partition coefficient (Wildman–Crippen LogP) is 1.01. The number of nitrogens with two attached hydrogens (primary N) is 1. The lowest BCUT2D eigenvalue weighted by atomic mass is 10.7. The van der Waals surface area contributed by atoms with Gasteiger partial charge in [0.1, 0.15) is 4.60 Å². The van der Waals surface area contributed by atoms with Crippen molar-refractivity contribution in [2.45, 2.75) is 0 Å². The van der Waals surface area contributed by atoms with Gasteiger partial charge in [-0.1, -0.05) is 0 Å². The Morgan fingerprint density at radius 3 is 2.54 bits per heavy atom. The van der Waals surface area contributed by atoms with E-state index in [-0.39, 0.29) is 0 Å². The number of anilines is 1. The van der Waals surface area contributed by atoms with Crippen LogP contribution >= 0.6 is 15.9 Å². The molecule has 5 nitrogen and oxygen atoms in total. The smallest absolute Gasteiger partial charge is 0.236 e. The van der Waals surface area contributed by atoms with Crippen molar-refractivity contribution in [1.82, 2.24) is 19.5 Å². The van der Waals surface area contributed by atoms with Crippen LogP contribution in [0, 0.1) is 0 Å². The summed E-state index contributed by atoms with van der Waals surface area (Å²) >= 11 is 3.21. The van der Waals surface area contributed by atoms with Crippen molar-refractivity contribution < 1.29 is 0 Å². The van der Waals surface area contributed by atoms with Crippen LogP contribution in [0.4, 0.5) is 5.95 Å². The summed E-state index contributed by atoms with van der Waals surface area (Å²) < 4.78 is 2.27. The Labute approximate surface area is 82.8 Å². The summed E-state index contributed by atoms with van der Waals surface area (Å²) in [5.74, 6) is 0.872. The molecule has 66 valence electrons. The molecule has 0 bridgehead atoms. The monoisotopic (exact) mass is 239 g/mol. The quantitative estimate of drug-likeness (QED) is 0.807. The minimum absolute atomic E-state index is 0.359. The Bertz CT molecular complexity index is 410. The minimum Gasteiger partial charge on any atom is -0.369 e. The summed E-state index contributed by atoms with van der Waals surface area (Å²) in [5, 5.41) is 0. The van der Waals surface area contributed by atoms with Crippen LogP contribution in [0.25, 0.3) is 5.95 Å². The summed E-state index contributed by atoms with van der Waals surface area (Å²) in [4.78, 5) is 12.0. The van der Waals surface area contributed by atoms with Gasteiger partial charge in [-0.15, -0.1) is 0 Å². The van der Waals surface area contributed by atoms with E-state index in [1.807, 2.05) is 0 Å². The van der Waals surface area contributed by atoms with E-state index in [0.29, 0.717) is 16.5 Å². The maximum absolute atomic E-state index is 5.62. The Kier molecular flexibility index (Phi) is 1.97. The maximum Gasteiger partial charge on any atom is 0.236 e. The summed E-state index contributed by atoms with van der Waals surface area (Å²) in [5.41, 5.74) is 5.62. The molecule has 0 aliphatic heterocycles. The summed E-state index contributed by atoms with van der Waals surface area (Å²) in [7, 11) is 0. The second-order valence-corrected chi connectivity index (χ2v) is 3.15. The third-order valence-electron chi connectivity index (χ3n) is 1.47. The molecule has 0 saturated heterocycles. The first-order valence-electron chi connectivity index (χ1n) is 3.55. The van der Waals surface area contributed by atoms with Crippen LogP contribution in [0.5, 0.6) is 0 Å². The van der Waals surface area contributed by atoms with E-state index in [1.54, 1.807) is 29.2 Å². The topological polar surface area (TPSA) is 69.6 Å². The second kappa shape index (κ2) is 3.14. The number of hydrogen-bond donors (Lipinski definition) is 1. The molecule has 2 N–H and O–H groups in total. The van der Waals surface area contributed by atoms with Gasteiger partial charge in [-0.2, -0.15) is 0 Å². The number of hydrogen-bond acceptors (Lipinski definition) is 4. The van der Waals surface area contributed by atoms with Gasteiger partial charge in [0.25, 0.3) is 0 Å². The fourth-order valence-corrected chi connectivity index (χ4v) is 1.33. The van der Waals surface area contributed by atoms with E-state index in [9.17, 15) is 0 Å². The van der Waals surface area contributed by atoms with Crippen LogP contribution in [0.3, 0.4) is 0 Å². The Balaban J connectivity index is 2.53. The van der Waals surface area contributed by atoms with Crippen molar-refractivity contribution in [1.29, 1.82) is 0 Å². The molecule has 0 amide bonds. The van der Waals surface area contributed by atoms with Crippen molar-refractivity contribution in [3.8, 4) is 5.95 Å². The van der Waals surface area contributed by atoms with Gasteiger partial charge < -0.3 is 5.73 Å². The Morgan fingerprint density at radius 1 is 1.31 bits per heavy atom. The van der Waals surface area contributed by atoms with E-state index in [1.165, 1.54) is 0 Å². The summed E-state index contributed by atoms with van der Waals surface area (Å²) in [6.07, 6.45) is 5.01. The zero-order chi connectivity index (χ0) is 9.26. The summed E-state index contributed by atoms with van der Waals surface area (Å²) in [6, 6.07) is 1.74. The van der Waals surface area contributed by atoms with Gasteiger partial charge >= 0.3 is 0 Å². The van der Waals surface area contributed by atoms with Crippen LogP contribution < -0.4 is 5.73 Å². The van der Waals surface area contributed by atoms with E-state index < -0.39 is 0 Å². The fraction of sp³-hybridized carbons (Fsp3) is 0. The molecular formula is C7H6BrN5. The standard InChI is InChI=1S/C7H6BrN5/c8-5-4-13(6(9)12-5)7-10-2-1-3-11-7/h1-4H,(H2,9,12). The van der Waals surface area contributed by atoms with Crippen molar-refractivity contribution in [3.05, 3.63) is 29.3 Å². The highest BCUT2D eigenvalue weighted by Gasteiger charge is 2.05. The molecule has 0 fully saturated rings. The van der Waals surface area contributed by atoms with Crippen molar-refractivity contribution in [2.75, 3.05) is 5.73 Å². The molecule has 13 heavy (non-hydrogen) atoms. The third-order valence-corrected chi connectivity index (χ3v) is 1.85. The van der Waals surface area contributed by atoms with Gasteiger partial charge in [0, 0.05) is 18.6 Å². The summed E-state index contributed by atoms with van der Waals surface area (Å²) in [6.45, 7) is 0. The van der Waals surface area contributed by atoms with Gasteiger partial charge in [-0.3, -0.25) is 4.57 Å². The molecule has 0 spiro atoms. The molecule has 2 rings (SSSR count). The Hall–Kier alpha value is -1.43. The van der Waals surface area contributed by atoms with Crippen LogP contribution in [-0.2, 0) is 0 Å². The molecule has 2 aromatic rings. The van der Waals surface area contributed by atoms with Crippen LogP contribution in [0.2, 0.25) is 0 Å². The van der Waals surface area contributed by atoms with Crippen LogP contribution in [-0.4, -0.2) is 19.5 Å². The molecule has 0 radical (unpaired) electrons. The van der Waals surface area contributed by atoms with Crippen LogP contribution in [0.1, 0.15) is 0 Å². The average Bonchev–Trinajstić information content (AvgIpc) is 2.47. The molecule has 0 saturated carbocycles. The van der Waals surface area contributed by atoms with Gasteiger partial charge in [0.05, 0.1) is 0 Å². The molecule has 0 aliphatic carbocycles. The first-order valence-corrected chi connectivity index (χ1v) is 4.34. The van der Waals surface area contributed by atoms with Crippen LogP contribution in [0.15, 0.2) is 29.3 Å². The van der Waals surface area contributed by atoms with Crippen molar-refractivity contribution >= 4 is 21.9 Å². The SMILES string of the molecule is Nc1nc(Br)cn1-c1ncccn1. The van der Waals surface area contributed by atoms with Crippen molar-refractivity contribution in [3.63, 3.8) is 0 Å². The highest BCUT2D eigenvalue weighted by atomic mass is 79.9. The highest BCUT2D eigenvalue weighted by Crippen LogP contribution is 2.13. The number of nitrogen functional groups attached to an aromatic ring is 1. The molecule has 2 heterocycles. The van der Waals surface area contributed by atoms with E-state index in [2.05, 4.69) is 30.9 Å². The average molecular weight is 240 g/mol. The molecule has 0 unspecified atom stereocenters. The zero-order valence-corrected chi connectivity index (χ0v) is 8.14. The molecule has 2 aromatic heterocycles. The number of aromatic nitrogens is 4. The third kappa shape index (κ3) is 1.52. The van der Waals surface area contributed by atoms with E-state index in [4.69, 9.17) is 5.73 Å². The van der Waals surface area contributed by atoms with Gasteiger partial charge in [-0.25, -0.2) is 15.0 Å². The number of imidazole rings is 1. The highest BCUT2D eigenvalue weighted by molar-refractivity contribution is 9.10. The largest absolute Gasteiger partial charge is 0.369 e. The van der Waals surface area contributed by atoms with E-state index in [0.717, 1.165) is 0 Å². The number of halogens is 1. The normalized spacial score (nSPS) is 10.2. The lowest BCUT2D eigenvalue weighted by molar-refractivity contribution is 0.937. The van der Waals surface area contributed by atoms with E-state index >= 15 is 0 Å². The predicted molar refractivity (Wildman–Crippen MR) is 51.3 cm³/mol. The second-order valence-electron chi connectivity index (χ2n) is 2.34. The lowest BCUT2D eigenvalue weighted by Crippen LogP contribution is -2.03. The van der Waals surface area contributed by atoms with Gasteiger partial charge in [0.2, 0.25) is 11.9 Å². The Morgan fingerprint density at radius 2 is 2.00 bits per heavy atom. The molecule has 6 heteroatoms. The molecule has 0 atom stereocenters. The fourth-order valence-electron chi connectivity index (χ4n) is 0.941. The molecular weight excluding hydrogens is 234 g/mol.